The Kier molecular flexibility index (Phi) is 6.79. The Morgan fingerprint density at radius 3 is 2.41 bits per heavy atom. The summed E-state index contributed by atoms with van der Waals surface area (Å²) in [6, 6.07) is 22.5. The molecule has 0 aliphatic rings. The molecule has 0 unspecified atom stereocenters. The van der Waals surface area contributed by atoms with Crippen molar-refractivity contribution in [1.29, 1.82) is 0 Å². The molecule has 136 valence electrons. The molecule has 0 aliphatic heterocycles. The van der Waals surface area contributed by atoms with E-state index in [1.807, 2.05) is 48.5 Å². The maximum Gasteiger partial charge on any atom is 0.271 e. The molecule has 0 spiro atoms. The van der Waals surface area contributed by atoms with Crippen molar-refractivity contribution in [1.82, 2.24) is 5.43 Å². The van der Waals surface area contributed by atoms with Gasteiger partial charge in [0.15, 0.2) is 0 Å². The van der Waals surface area contributed by atoms with Gasteiger partial charge in [-0.15, -0.1) is 0 Å². The monoisotopic (exact) mass is 486 g/mol. The highest BCUT2D eigenvalue weighted by molar-refractivity contribution is 9.10. The van der Waals surface area contributed by atoms with Crippen LogP contribution in [0.1, 0.15) is 21.5 Å². The van der Waals surface area contributed by atoms with Crippen LogP contribution in [0.5, 0.6) is 5.75 Å². The van der Waals surface area contributed by atoms with Gasteiger partial charge in [0.05, 0.1) is 6.21 Å². The second-order valence-corrected chi connectivity index (χ2v) is 7.53. The number of halogens is 2. The first kappa shape index (κ1) is 19.3. The van der Waals surface area contributed by atoms with Gasteiger partial charge in [-0.2, -0.15) is 5.10 Å². The minimum atomic E-state index is -0.277. The number of amides is 1. The van der Waals surface area contributed by atoms with Crippen molar-refractivity contribution in [3.8, 4) is 5.75 Å². The lowest BCUT2D eigenvalue weighted by Gasteiger charge is -2.07. The van der Waals surface area contributed by atoms with E-state index in [1.165, 1.54) is 0 Å². The highest BCUT2D eigenvalue weighted by Crippen LogP contribution is 2.16. The molecule has 6 heteroatoms. The smallest absolute Gasteiger partial charge is 0.271 e. The van der Waals surface area contributed by atoms with Crippen molar-refractivity contribution in [2.45, 2.75) is 6.61 Å². The molecule has 0 atom stereocenters. The number of nitrogens with one attached hydrogen (secondary N) is 1. The fraction of sp³-hybridized carbons (Fsp3) is 0.0476. The molecule has 0 aliphatic carbocycles. The molecular formula is C21H16Br2N2O2. The Labute approximate surface area is 174 Å². The van der Waals surface area contributed by atoms with Crippen LogP contribution in [0.25, 0.3) is 0 Å². The van der Waals surface area contributed by atoms with Gasteiger partial charge in [-0.1, -0.05) is 56.1 Å². The summed E-state index contributed by atoms with van der Waals surface area (Å²) in [7, 11) is 0. The molecule has 3 aromatic rings. The minimum Gasteiger partial charge on any atom is -0.489 e. The molecule has 1 N–H and O–H groups in total. The van der Waals surface area contributed by atoms with Gasteiger partial charge in [-0.3, -0.25) is 4.79 Å². The summed E-state index contributed by atoms with van der Waals surface area (Å²) in [5, 5.41) is 3.98. The van der Waals surface area contributed by atoms with Crippen molar-refractivity contribution in [2.75, 3.05) is 0 Å². The maximum absolute atomic E-state index is 12.1. The summed E-state index contributed by atoms with van der Waals surface area (Å²) in [5.41, 5.74) is 4.99. The molecule has 0 saturated carbocycles. The number of ether oxygens (including phenoxy) is 1. The zero-order valence-electron chi connectivity index (χ0n) is 14.2. The van der Waals surface area contributed by atoms with Crippen LogP contribution in [0.3, 0.4) is 0 Å². The van der Waals surface area contributed by atoms with Crippen molar-refractivity contribution in [3.05, 3.63) is 98.4 Å². The van der Waals surface area contributed by atoms with E-state index in [2.05, 4.69) is 42.4 Å². The summed E-state index contributed by atoms with van der Waals surface area (Å²) < 4.78 is 7.72. The average molecular weight is 488 g/mol. The van der Waals surface area contributed by atoms with E-state index in [-0.39, 0.29) is 5.91 Å². The number of hydrogen-bond donors (Lipinski definition) is 1. The van der Waals surface area contributed by atoms with Crippen molar-refractivity contribution in [2.24, 2.45) is 5.10 Å². The molecule has 0 aromatic heterocycles. The Bertz CT molecular complexity index is 939. The Morgan fingerprint density at radius 2 is 1.70 bits per heavy atom. The standard InChI is InChI=1S/C21H16Br2N2O2/c22-18-8-4-15(5-9-18)14-27-20-10-6-17(7-11-20)21(26)25-24-13-16-2-1-3-19(23)12-16/h1-13H,14H2,(H,25,26). The third-order valence-corrected chi connectivity index (χ3v) is 4.69. The van der Waals surface area contributed by atoms with Crippen molar-refractivity contribution in [3.63, 3.8) is 0 Å². The Balaban J connectivity index is 1.53. The van der Waals surface area contributed by atoms with E-state index in [0.29, 0.717) is 17.9 Å². The quantitative estimate of drug-likeness (QED) is 0.365. The van der Waals surface area contributed by atoms with Crippen LogP contribution in [0.15, 0.2) is 86.8 Å². The van der Waals surface area contributed by atoms with Crippen LogP contribution in [0.2, 0.25) is 0 Å². The number of nitrogens with zero attached hydrogens (tertiary/aromatic N) is 1. The zero-order valence-corrected chi connectivity index (χ0v) is 17.4. The van der Waals surface area contributed by atoms with Gasteiger partial charge in [0, 0.05) is 14.5 Å². The molecular weight excluding hydrogens is 472 g/mol. The number of benzene rings is 3. The predicted octanol–water partition coefficient (Wildman–Crippen LogP) is 5.55. The number of hydrazone groups is 1. The predicted molar refractivity (Wildman–Crippen MR) is 114 cm³/mol. The molecule has 0 fully saturated rings. The van der Waals surface area contributed by atoms with E-state index < -0.39 is 0 Å². The maximum atomic E-state index is 12.1. The molecule has 0 heterocycles. The molecule has 0 radical (unpaired) electrons. The van der Waals surface area contributed by atoms with E-state index >= 15 is 0 Å². The lowest BCUT2D eigenvalue weighted by molar-refractivity contribution is 0.0955. The fourth-order valence-electron chi connectivity index (χ4n) is 2.27. The van der Waals surface area contributed by atoms with Gasteiger partial charge in [0.25, 0.3) is 5.91 Å². The van der Waals surface area contributed by atoms with Gasteiger partial charge >= 0.3 is 0 Å². The van der Waals surface area contributed by atoms with Gasteiger partial charge in [0.2, 0.25) is 0 Å². The summed E-state index contributed by atoms with van der Waals surface area (Å²) in [4.78, 5) is 12.1. The second-order valence-electron chi connectivity index (χ2n) is 5.69. The number of hydrogen-bond acceptors (Lipinski definition) is 3. The third kappa shape index (κ3) is 6.05. The van der Waals surface area contributed by atoms with Gasteiger partial charge in [0.1, 0.15) is 12.4 Å². The average Bonchev–Trinajstić information content (AvgIpc) is 2.68. The van der Waals surface area contributed by atoms with Crippen LogP contribution in [0.4, 0.5) is 0 Å². The van der Waals surface area contributed by atoms with Crippen LogP contribution in [-0.4, -0.2) is 12.1 Å². The fourth-order valence-corrected chi connectivity index (χ4v) is 2.95. The molecule has 3 rings (SSSR count). The van der Waals surface area contributed by atoms with Crippen molar-refractivity contribution >= 4 is 44.0 Å². The van der Waals surface area contributed by atoms with Crippen LogP contribution in [0, 0.1) is 0 Å². The molecule has 27 heavy (non-hydrogen) atoms. The SMILES string of the molecule is O=C(NN=Cc1cccc(Br)c1)c1ccc(OCc2ccc(Br)cc2)cc1. The molecule has 0 bridgehead atoms. The molecule has 0 saturated heterocycles. The van der Waals surface area contributed by atoms with Crippen molar-refractivity contribution < 1.29 is 9.53 Å². The number of carbonyl (C=O) groups excluding carboxylic acids is 1. The summed E-state index contributed by atoms with van der Waals surface area (Å²) in [5.74, 6) is 0.424. The molecule has 1 amide bonds. The Hall–Kier alpha value is -2.44. The van der Waals surface area contributed by atoms with E-state index in [0.717, 1.165) is 20.1 Å². The Morgan fingerprint density at radius 1 is 0.963 bits per heavy atom. The van der Waals surface area contributed by atoms with Gasteiger partial charge in [-0.25, -0.2) is 5.43 Å². The largest absolute Gasteiger partial charge is 0.489 e. The molecule has 4 nitrogen and oxygen atoms in total. The van der Waals surface area contributed by atoms with Crippen LogP contribution < -0.4 is 10.2 Å². The lowest BCUT2D eigenvalue weighted by atomic mass is 10.2. The topological polar surface area (TPSA) is 50.7 Å². The third-order valence-electron chi connectivity index (χ3n) is 3.66. The van der Waals surface area contributed by atoms with Gasteiger partial charge in [-0.05, 0) is 59.7 Å². The number of rotatable bonds is 6. The second kappa shape index (κ2) is 9.48. The summed E-state index contributed by atoms with van der Waals surface area (Å²) >= 11 is 6.80. The summed E-state index contributed by atoms with van der Waals surface area (Å²) in [6.45, 7) is 0.468. The zero-order chi connectivity index (χ0) is 19.1. The molecule has 3 aromatic carbocycles. The summed E-state index contributed by atoms with van der Waals surface area (Å²) in [6.07, 6.45) is 1.60. The van der Waals surface area contributed by atoms with E-state index in [4.69, 9.17) is 4.74 Å². The highest BCUT2D eigenvalue weighted by Gasteiger charge is 2.04. The first-order chi connectivity index (χ1) is 13.1. The van der Waals surface area contributed by atoms with Crippen LogP contribution >= 0.6 is 31.9 Å². The van der Waals surface area contributed by atoms with Crippen LogP contribution in [-0.2, 0) is 6.61 Å². The lowest BCUT2D eigenvalue weighted by Crippen LogP contribution is -2.17. The first-order valence-electron chi connectivity index (χ1n) is 8.16. The normalized spacial score (nSPS) is 10.7. The minimum absolute atomic E-state index is 0.277. The van der Waals surface area contributed by atoms with E-state index in [9.17, 15) is 4.79 Å². The van der Waals surface area contributed by atoms with Gasteiger partial charge < -0.3 is 4.74 Å². The van der Waals surface area contributed by atoms with E-state index in [1.54, 1.807) is 30.5 Å². The highest BCUT2D eigenvalue weighted by atomic mass is 79.9. The number of carbonyl (C=O) groups is 1. The first-order valence-corrected chi connectivity index (χ1v) is 9.75.